The van der Waals surface area contributed by atoms with E-state index in [0.29, 0.717) is 25.5 Å². The molecule has 2 heterocycles. The summed E-state index contributed by atoms with van der Waals surface area (Å²) >= 11 is 0. The average molecular weight is 406 g/mol. The topological polar surface area (TPSA) is 57.0 Å². The van der Waals surface area contributed by atoms with Crippen LogP contribution in [-0.4, -0.2) is 26.9 Å². The summed E-state index contributed by atoms with van der Waals surface area (Å²) in [5.74, 6) is 2.47. The second-order valence-corrected chi connectivity index (χ2v) is 8.11. The Kier molecular flexibility index (Phi) is 7.39. The number of Topliss-reactive ketones (excluding diaryl/α,β-unsaturated/α-hetero) is 1. The van der Waals surface area contributed by atoms with Crippen LogP contribution in [0, 0.1) is 19.8 Å². The van der Waals surface area contributed by atoms with Gasteiger partial charge >= 0.3 is 0 Å². The van der Waals surface area contributed by atoms with Gasteiger partial charge in [-0.2, -0.15) is 0 Å². The highest BCUT2D eigenvalue weighted by Gasteiger charge is 2.13. The molecule has 0 aliphatic heterocycles. The minimum absolute atomic E-state index is 0.254. The van der Waals surface area contributed by atoms with Crippen LogP contribution in [0.4, 0.5) is 0 Å². The van der Waals surface area contributed by atoms with E-state index in [4.69, 9.17) is 4.74 Å². The quantitative estimate of drug-likeness (QED) is 0.425. The fourth-order valence-electron chi connectivity index (χ4n) is 3.64. The Morgan fingerprint density at radius 1 is 1.10 bits per heavy atom. The number of ketones is 1. The molecule has 5 nitrogen and oxygen atoms in total. The van der Waals surface area contributed by atoms with E-state index in [1.165, 1.54) is 0 Å². The molecule has 0 aliphatic rings. The predicted molar refractivity (Wildman–Crippen MR) is 120 cm³/mol. The van der Waals surface area contributed by atoms with Crippen molar-refractivity contribution >= 4 is 5.78 Å². The molecule has 2 aromatic heterocycles. The van der Waals surface area contributed by atoms with Gasteiger partial charge in [0.1, 0.15) is 17.4 Å². The second-order valence-electron chi connectivity index (χ2n) is 8.11. The Morgan fingerprint density at radius 2 is 1.90 bits per heavy atom. The molecule has 0 fully saturated rings. The average Bonchev–Trinajstić information content (AvgIpc) is 3.07. The molecule has 1 atom stereocenters. The van der Waals surface area contributed by atoms with Gasteiger partial charge in [0.15, 0.2) is 0 Å². The van der Waals surface area contributed by atoms with Crippen molar-refractivity contribution in [1.82, 2.24) is 14.5 Å². The highest BCUT2D eigenvalue weighted by atomic mass is 16.5. The van der Waals surface area contributed by atoms with Crippen molar-refractivity contribution < 1.29 is 9.53 Å². The summed E-state index contributed by atoms with van der Waals surface area (Å²) in [5.41, 5.74) is 4.21. The van der Waals surface area contributed by atoms with Crippen molar-refractivity contribution in [2.45, 2.75) is 53.5 Å². The number of pyridine rings is 1. The Labute approximate surface area is 179 Å². The van der Waals surface area contributed by atoms with Gasteiger partial charge in [-0.25, -0.2) is 4.98 Å². The molecule has 0 aliphatic carbocycles. The zero-order valence-electron chi connectivity index (χ0n) is 18.4. The number of aromatic nitrogens is 3. The lowest BCUT2D eigenvalue weighted by molar-refractivity contribution is -0.117. The maximum Gasteiger partial charge on any atom is 0.141 e. The minimum Gasteiger partial charge on any atom is -0.493 e. The van der Waals surface area contributed by atoms with E-state index >= 15 is 0 Å². The number of para-hydroxylation sites is 1. The van der Waals surface area contributed by atoms with Crippen molar-refractivity contribution in [1.29, 1.82) is 0 Å². The summed E-state index contributed by atoms with van der Waals surface area (Å²) in [4.78, 5) is 20.3. The first-order chi connectivity index (χ1) is 14.4. The van der Waals surface area contributed by atoms with Crippen molar-refractivity contribution in [3.8, 4) is 17.1 Å². The number of hydrogen-bond acceptors (Lipinski definition) is 4. The number of aryl methyl sites for hydroxylation is 2. The van der Waals surface area contributed by atoms with Gasteiger partial charge in [0, 0.05) is 41.3 Å². The molecule has 0 saturated carbocycles. The molecule has 0 N–H and O–H groups in total. The van der Waals surface area contributed by atoms with E-state index in [9.17, 15) is 4.79 Å². The number of imidazole rings is 1. The molecule has 3 rings (SSSR count). The highest BCUT2D eigenvalue weighted by molar-refractivity contribution is 5.75. The molecule has 1 aromatic carbocycles. The van der Waals surface area contributed by atoms with Crippen LogP contribution in [0.3, 0.4) is 0 Å². The van der Waals surface area contributed by atoms with Gasteiger partial charge in [0.05, 0.1) is 13.2 Å². The van der Waals surface area contributed by atoms with Crippen molar-refractivity contribution in [3.63, 3.8) is 0 Å². The van der Waals surface area contributed by atoms with Crippen LogP contribution >= 0.6 is 0 Å². The van der Waals surface area contributed by atoms with E-state index < -0.39 is 0 Å². The molecule has 0 unspecified atom stereocenters. The van der Waals surface area contributed by atoms with Gasteiger partial charge in [0.2, 0.25) is 0 Å². The summed E-state index contributed by atoms with van der Waals surface area (Å²) in [6.07, 6.45) is 6.35. The molecule has 0 spiro atoms. The third kappa shape index (κ3) is 5.78. The van der Waals surface area contributed by atoms with E-state index in [1.54, 1.807) is 6.92 Å². The van der Waals surface area contributed by atoms with Crippen LogP contribution in [0.1, 0.15) is 50.1 Å². The summed E-state index contributed by atoms with van der Waals surface area (Å²) in [6.45, 7) is 9.16. The number of hydrogen-bond donors (Lipinski definition) is 0. The first kappa shape index (κ1) is 21.8. The van der Waals surface area contributed by atoms with Crippen LogP contribution in [0.15, 0.2) is 48.8 Å². The highest BCUT2D eigenvalue weighted by Crippen LogP contribution is 2.25. The van der Waals surface area contributed by atoms with Gasteiger partial charge in [-0.15, -0.1) is 0 Å². The first-order valence-corrected chi connectivity index (χ1v) is 10.6. The third-order valence-corrected chi connectivity index (χ3v) is 5.26. The monoisotopic (exact) mass is 405 g/mol. The smallest absolute Gasteiger partial charge is 0.141 e. The maximum absolute atomic E-state index is 11.2. The molecule has 0 saturated heterocycles. The zero-order valence-corrected chi connectivity index (χ0v) is 18.4. The molecule has 0 radical (unpaired) electrons. The number of carbonyl (C=O) groups excluding carboxylic acids is 1. The van der Waals surface area contributed by atoms with E-state index in [2.05, 4.69) is 40.5 Å². The molecule has 3 aromatic rings. The van der Waals surface area contributed by atoms with Crippen LogP contribution < -0.4 is 4.74 Å². The van der Waals surface area contributed by atoms with Crippen molar-refractivity contribution in [3.05, 3.63) is 65.7 Å². The van der Waals surface area contributed by atoms with Crippen LogP contribution in [0.25, 0.3) is 11.4 Å². The molecular formula is C25H31N3O2. The largest absolute Gasteiger partial charge is 0.493 e. The second kappa shape index (κ2) is 10.2. The SMILES string of the molecule is CC(=O)C[C@@H](C)CCCOc1ccccc1Cn1c(C)cnc1-c1ccc(C)nc1. The normalized spacial score (nSPS) is 12.0. The van der Waals surface area contributed by atoms with E-state index in [1.807, 2.05) is 43.6 Å². The molecule has 30 heavy (non-hydrogen) atoms. The standard InChI is InChI=1S/C25H31N3O2/c1-18(14-21(4)29)8-7-13-30-24-10-6-5-9-23(24)17-28-20(3)15-27-25(28)22-12-11-19(2)26-16-22/h5-6,9-12,15-16,18H,7-8,13-14,17H2,1-4H3/t18-/m0/s1. The summed E-state index contributed by atoms with van der Waals surface area (Å²) in [7, 11) is 0. The Balaban J connectivity index is 1.69. The molecule has 0 bridgehead atoms. The van der Waals surface area contributed by atoms with Crippen molar-refractivity contribution in [2.75, 3.05) is 6.61 Å². The van der Waals surface area contributed by atoms with Crippen LogP contribution in [0.5, 0.6) is 5.75 Å². The number of carbonyl (C=O) groups is 1. The zero-order chi connectivity index (χ0) is 21.5. The predicted octanol–water partition coefficient (Wildman–Crippen LogP) is 5.38. The fourth-order valence-corrected chi connectivity index (χ4v) is 3.64. The number of ether oxygens (including phenoxy) is 1. The van der Waals surface area contributed by atoms with E-state index in [0.717, 1.165) is 46.9 Å². The van der Waals surface area contributed by atoms with Crippen molar-refractivity contribution in [2.24, 2.45) is 5.92 Å². The van der Waals surface area contributed by atoms with Crippen LogP contribution in [0.2, 0.25) is 0 Å². The van der Waals surface area contributed by atoms with E-state index in [-0.39, 0.29) is 5.78 Å². The molecule has 158 valence electrons. The van der Waals surface area contributed by atoms with Gasteiger partial charge < -0.3 is 14.1 Å². The molecule has 0 amide bonds. The van der Waals surface area contributed by atoms with Gasteiger partial charge in [0.25, 0.3) is 0 Å². The lowest BCUT2D eigenvalue weighted by Gasteiger charge is -2.15. The molecule has 5 heteroatoms. The summed E-state index contributed by atoms with van der Waals surface area (Å²) < 4.78 is 8.31. The summed E-state index contributed by atoms with van der Waals surface area (Å²) in [5, 5.41) is 0. The Hall–Kier alpha value is -2.95. The lowest BCUT2D eigenvalue weighted by atomic mass is 10.00. The first-order valence-electron chi connectivity index (χ1n) is 10.6. The minimum atomic E-state index is 0.254. The molecular weight excluding hydrogens is 374 g/mol. The lowest BCUT2D eigenvalue weighted by Crippen LogP contribution is -2.08. The number of rotatable bonds is 10. The van der Waals surface area contributed by atoms with Gasteiger partial charge in [-0.05, 0) is 57.7 Å². The third-order valence-electron chi connectivity index (χ3n) is 5.26. The maximum atomic E-state index is 11.2. The van der Waals surface area contributed by atoms with Gasteiger partial charge in [-0.1, -0.05) is 25.1 Å². The van der Waals surface area contributed by atoms with Crippen LogP contribution in [-0.2, 0) is 11.3 Å². The Morgan fingerprint density at radius 3 is 2.63 bits per heavy atom. The summed E-state index contributed by atoms with van der Waals surface area (Å²) in [6, 6.07) is 12.2. The number of nitrogens with zero attached hydrogens (tertiary/aromatic N) is 3. The number of benzene rings is 1. The fraction of sp³-hybridized carbons (Fsp3) is 0.400. The van der Waals surface area contributed by atoms with Gasteiger partial charge in [-0.3, -0.25) is 4.98 Å². The Bertz CT molecular complexity index is 976.